The normalized spacial score (nSPS) is 21.2. The fourth-order valence-corrected chi connectivity index (χ4v) is 2.97. The average molecular weight is 396 g/mol. The molecule has 1 aliphatic heterocycles. The summed E-state index contributed by atoms with van der Waals surface area (Å²) < 4.78 is 0. The van der Waals surface area contributed by atoms with Gasteiger partial charge in [-0.1, -0.05) is 40.0 Å². The van der Waals surface area contributed by atoms with Crippen molar-refractivity contribution in [3.63, 3.8) is 0 Å². The molecule has 158 valence electrons. The molecule has 1 saturated heterocycles. The highest BCUT2D eigenvalue weighted by atomic mass is 16.2. The first-order valence-corrected chi connectivity index (χ1v) is 10.1. The van der Waals surface area contributed by atoms with Crippen molar-refractivity contribution in [1.29, 1.82) is 0 Å². The highest BCUT2D eigenvalue weighted by Crippen LogP contribution is 2.18. The lowest BCUT2D eigenvalue weighted by atomic mass is 10.0. The Balaban J connectivity index is 3.10. The predicted octanol–water partition coefficient (Wildman–Crippen LogP) is 0.627. The van der Waals surface area contributed by atoms with Crippen LogP contribution in [-0.2, 0) is 24.0 Å². The molecule has 1 heterocycles. The quantitative estimate of drug-likeness (QED) is 0.218. The molecular formula is C19H32N4O5. The van der Waals surface area contributed by atoms with Gasteiger partial charge in [-0.25, -0.2) is 0 Å². The maximum Gasteiger partial charge on any atom is 0.276 e. The maximum atomic E-state index is 12.6. The van der Waals surface area contributed by atoms with Crippen LogP contribution >= 0.6 is 0 Å². The van der Waals surface area contributed by atoms with E-state index < -0.39 is 41.2 Å². The second-order valence-corrected chi connectivity index (χ2v) is 7.03. The minimum atomic E-state index is -2.02. The summed E-state index contributed by atoms with van der Waals surface area (Å²) in [6.07, 6.45) is 4.73. The molecule has 0 bridgehead atoms. The van der Waals surface area contributed by atoms with E-state index >= 15 is 0 Å². The van der Waals surface area contributed by atoms with E-state index in [0.717, 1.165) is 19.3 Å². The van der Waals surface area contributed by atoms with Gasteiger partial charge in [-0.3, -0.25) is 29.3 Å². The molecule has 0 aromatic heterocycles. The predicted molar refractivity (Wildman–Crippen MR) is 103 cm³/mol. The van der Waals surface area contributed by atoms with Gasteiger partial charge in [0.15, 0.2) is 6.04 Å². The molecule has 0 spiro atoms. The molecule has 1 fully saturated rings. The van der Waals surface area contributed by atoms with Gasteiger partial charge in [-0.15, -0.1) is 0 Å². The third-order valence-corrected chi connectivity index (χ3v) is 4.51. The standard InChI is InChI=1S/C19H32N4O5/c1-4-7-9-12-15(26)23-19(22-14(25)11-8-5-2)16(17(27)21-18(19)28)20-13(24)10-6-3/h16H,4-12H2,1-3H3,(H,20,24)(H,22,25)(H,23,26)(H,21,27,28). The highest BCUT2D eigenvalue weighted by molar-refractivity contribution is 6.15. The van der Waals surface area contributed by atoms with Crippen LogP contribution < -0.4 is 21.3 Å². The van der Waals surface area contributed by atoms with E-state index in [9.17, 15) is 24.0 Å². The highest BCUT2D eigenvalue weighted by Gasteiger charge is 2.58. The minimum Gasteiger partial charge on any atom is -0.340 e. The van der Waals surface area contributed by atoms with E-state index in [-0.39, 0.29) is 19.3 Å². The van der Waals surface area contributed by atoms with E-state index in [1.165, 1.54) is 0 Å². The third-order valence-electron chi connectivity index (χ3n) is 4.51. The van der Waals surface area contributed by atoms with Crippen LogP contribution in [0.1, 0.15) is 78.6 Å². The zero-order valence-corrected chi connectivity index (χ0v) is 17.0. The summed E-state index contributed by atoms with van der Waals surface area (Å²) in [6, 6.07) is -1.40. The fourth-order valence-electron chi connectivity index (χ4n) is 2.97. The van der Waals surface area contributed by atoms with Crippen molar-refractivity contribution in [1.82, 2.24) is 21.3 Å². The molecule has 4 N–H and O–H groups in total. The molecule has 0 aromatic rings. The smallest absolute Gasteiger partial charge is 0.276 e. The molecule has 0 saturated carbocycles. The largest absolute Gasteiger partial charge is 0.340 e. The number of unbranched alkanes of at least 4 members (excludes halogenated alkanes) is 3. The topological polar surface area (TPSA) is 133 Å². The van der Waals surface area contributed by atoms with Crippen LogP contribution in [0.2, 0.25) is 0 Å². The van der Waals surface area contributed by atoms with Crippen LogP contribution in [0.3, 0.4) is 0 Å². The Morgan fingerprint density at radius 2 is 1.39 bits per heavy atom. The second-order valence-electron chi connectivity index (χ2n) is 7.03. The van der Waals surface area contributed by atoms with E-state index in [0.29, 0.717) is 19.3 Å². The van der Waals surface area contributed by atoms with E-state index in [4.69, 9.17) is 0 Å². The van der Waals surface area contributed by atoms with Crippen molar-refractivity contribution in [2.24, 2.45) is 0 Å². The van der Waals surface area contributed by atoms with Gasteiger partial charge in [0.05, 0.1) is 0 Å². The summed E-state index contributed by atoms with van der Waals surface area (Å²) in [7, 11) is 0. The summed E-state index contributed by atoms with van der Waals surface area (Å²) in [5.74, 6) is -3.00. The van der Waals surface area contributed by atoms with Gasteiger partial charge < -0.3 is 16.0 Å². The Hall–Kier alpha value is -2.45. The average Bonchev–Trinajstić information content (AvgIpc) is 2.84. The number of carbonyl (C=O) groups excluding carboxylic acids is 5. The first kappa shape index (κ1) is 23.6. The number of hydrogen-bond donors (Lipinski definition) is 4. The Morgan fingerprint density at radius 3 is 1.93 bits per heavy atom. The lowest BCUT2D eigenvalue weighted by molar-refractivity contribution is -0.138. The first-order valence-electron chi connectivity index (χ1n) is 10.1. The van der Waals surface area contributed by atoms with Crippen LogP contribution in [0.15, 0.2) is 0 Å². The molecule has 1 rings (SSSR count). The van der Waals surface area contributed by atoms with Gasteiger partial charge in [-0.05, 0) is 19.3 Å². The number of hydrogen-bond acceptors (Lipinski definition) is 5. The van der Waals surface area contributed by atoms with Crippen LogP contribution in [0, 0.1) is 0 Å². The van der Waals surface area contributed by atoms with Gasteiger partial charge >= 0.3 is 0 Å². The van der Waals surface area contributed by atoms with Crippen molar-refractivity contribution in [2.75, 3.05) is 0 Å². The van der Waals surface area contributed by atoms with Crippen LogP contribution in [-0.4, -0.2) is 41.2 Å². The number of amides is 5. The zero-order chi connectivity index (χ0) is 21.2. The van der Waals surface area contributed by atoms with Crippen LogP contribution in [0.4, 0.5) is 0 Å². The molecule has 2 atom stereocenters. The molecule has 1 aliphatic rings. The lowest BCUT2D eigenvalue weighted by Gasteiger charge is -2.33. The molecule has 9 heteroatoms. The Bertz CT molecular complexity index is 607. The van der Waals surface area contributed by atoms with Crippen LogP contribution in [0.25, 0.3) is 0 Å². The number of carbonyl (C=O) groups is 5. The van der Waals surface area contributed by atoms with Gasteiger partial charge in [0.1, 0.15) is 0 Å². The molecule has 28 heavy (non-hydrogen) atoms. The van der Waals surface area contributed by atoms with E-state index in [1.807, 2.05) is 13.8 Å². The molecule has 2 unspecified atom stereocenters. The van der Waals surface area contributed by atoms with Gasteiger partial charge in [0.25, 0.3) is 11.8 Å². The fraction of sp³-hybridized carbons (Fsp3) is 0.737. The molecule has 9 nitrogen and oxygen atoms in total. The monoisotopic (exact) mass is 396 g/mol. The van der Waals surface area contributed by atoms with Crippen molar-refractivity contribution in [2.45, 2.75) is 90.3 Å². The van der Waals surface area contributed by atoms with E-state index in [1.54, 1.807) is 6.92 Å². The van der Waals surface area contributed by atoms with Gasteiger partial charge in [-0.2, -0.15) is 0 Å². The van der Waals surface area contributed by atoms with Crippen molar-refractivity contribution in [3.8, 4) is 0 Å². The summed E-state index contributed by atoms with van der Waals surface area (Å²) >= 11 is 0. The van der Waals surface area contributed by atoms with E-state index in [2.05, 4.69) is 21.3 Å². The van der Waals surface area contributed by atoms with Gasteiger partial charge in [0, 0.05) is 19.3 Å². The minimum absolute atomic E-state index is 0.140. The second kappa shape index (κ2) is 11.4. The molecule has 0 aliphatic carbocycles. The number of rotatable bonds is 12. The van der Waals surface area contributed by atoms with Crippen molar-refractivity contribution < 1.29 is 24.0 Å². The molecule has 0 radical (unpaired) electrons. The molecular weight excluding hydrogens is 364 g/mol. The Labute approximate surface area is 165 Å². The Morgan fingerprint density at radius 1 is 0.821 bits per heavy atom. The van der Waals surface area contributed by atoms with Gasteiger partial charge in [0.2, 0.25) is 23.4 Å². The molecule has 0 aromatic carbocycles. The maximum absolute atomic E-state index is 12.6. The molecule has 5 amide bonds. The zero-order valence-electron chi connectivity index (χ0n) is 17.0. The summed E-state index contributed by atoms with van der Waals surface area (Å²) in [5.41, 5.74) is -2.02. The summed E-state index contributed by atoms with van der Waals surface area (Å²) in [4.78, 5) is 61.8. The lowest BCUT2D eigenvalue weighted by Crippen LogP contribution is -2.73. The summed E-state index contributed by atoms with van der Waals surface area (Å²) in [5, 5.41) is 9.63. The van der Waals surface area contributed by atoms with Crippen LogP contribution in [0.5, 0.6) is 0 Å². The Kier molecular flexibility index (Phi) is 9.61. The van der Waals surface area contributed by atoms with Crippen molar-refractivity contribution in [3.05, 3.63) is 0 Å². The SMILES string of the molecule is CCCCCC(=O)NC1(NC(=O)CCCC)C(=O)NC(=O)C1NC(=O)CCC. The number of nitrogens with one attached hydrogen (secondary N) is 4. The third kappa shape index (κ3) is 6.31. The van der Waals surface area contributed by atoms with Crippen molar-refractivity contribution >= 4 is 29.5 Å². The summed E-state index contributed by atoms with van der Waals surface area (Å²) in [6.45, 7) is 5.71. The number of imide groups is 1. The first-order chi connectivity index (χ1) is 13.3.